The Balaban J connectivity index is 3.44. The van der Waals surface area contributed by atoms with Crippen molar-refractivity contribution >= 4 is 12.2 Å². The van der Waals surface area contributed by atoms with Crippen molar-refractivity contribution in [3.8, 4) is 0 Å². The summed E-state index contributed by atoms with van der Waals surface area (Å²) >= 11 is 4.98. The van der Waals surface area contributed by atoms with Crippen LogP contribution in [0.5, 0.6) is 0 Å². The second-order valence-corrected chi connectivity index (χ2v) is 3.46. The first-order valence-electron chi connectivity index (χ1n) is 3.84. The molecule has 0 atom stereocenters. The third kappa shape index (κ3) is 1.64. The molecule has 0 aliphatic carbocycles. The standard InChI is InChI=1S/C8H12N2OS/c1-5(2)10-4-6(3)7(11)9-8(10)12/h4-5H,1-3H3,(H,9,11,12). The molecule has 0 fully saturated rings. The van der Waals surface area contributed by atoms with Gasteiger partial charge in [0.2, 0.25) is 0 Å². The number of aromatic amines is 1. The Morgan fingerprint density at radius 3 is 2.67 bits per heavy atom. The van der Waals surface area contributed by atoms with Gasteiger partial charge < -0.3 is 4.57 Å². The Hall–Kier alpha value is -0.900. The fourth-order valence-corrected chi connectivity index (χ4v) is 1.33. The van der Waals surface area contributed by atoms with E-state index in [1.165, 1.54) is 0 Å². The zero-order valence-corrected chi connectivity index (χ0v) is 8.23. The van der Waals surface area contributed by atoms with E-state index >= 15 is 0 Å². The van der Waals surface area contributed by atoms with Crippen molar-refractivity contribution < 1.29 is 0 Å². The Bertz CT molecular complexity index is 389. The highest BCUT2D eigenvalue weighted by molar-refractivity contribution is 7.71. The number of aromatic nitrogens is 2. The predicted octanol–water partition coefficient (Wildman–Crippen LogP) is 1.80. The third-order valence-electron chi connectivity index (χ3n) is 1.70. The Kier molecular flexibility index (Phi) is 2.47. The van der Waals surface area contributed by atoms with Crippen LogP contribution < -0.4 is 5.56 Å². The summed E-state index contributed by atoms with van der Waals surface area (Å²) in [4.78, 5) is 13.7. The summed E-state index contributed by atoms with van der Waals surface area (Å²) in [6.07, 6.45) is 1.78. The van der Waals surface area contributed by atoms with E-state index in [1.807, 2.05) is 18.4 Å². The first-order chi connectivity index (χ1) is 5.52. The molecule has 0 amide bonds. The van der Waals surface area contributed by atoms with Gasteiger partial charge in [0.05, 0.1) is 0 Å². The summed E-state index contributed by atoms with van der Waals surface area (Å²) in [5.41, 5.74) is 0.592. The first kappa shape index (κ1) is 9.19. The molecular weight excluding hydrogens is 172 g/mol. The van der Waals surface area contributed by atoms with Crippen LogP contribution in [0.4, 0.5) is 0 Å². The van der Waals surface area contributed by atoms with Crippen molar-refractivity contribution in [1.82, 2.24) is 9.55 Å². The van der Waals surface area contributed by atoms with Crippen molar-refractivity contribution in [2.75, 3.05) is 0 Å². The van der Waals surface area contributed by atoms with Gasteiger partial charge in [0.1, 0.15) is 0 Å². The molecule has 1 N–H and O–H groups in total. The van der Waals surface area contributed by atoms with Gasteiger partial charge in [-0.05, 0) is 33.0 Å². The van der Waals surface area contributed by atoms with Crippen molar-refractivity contribution in [2.45, 2.75) is 26.8 Å². The van der Waals surface area contributed by atoms with Gasteiger partial charge in [0.25, 0.3) is 5.56 Å². The average Bonchev–Trinajstić information content (AvgIpc) is 1.96. The van der Waals surface area contributed by atoms with Crippen molar-refractivity contribution in [3.05, 3.63) is 26.9 Å². The SMILES string of the molecule is Cc1cn(C(C)C)c(=S)[nH]c1=O. The maximum Gasteiger partial charge on any atom is 0.254 e. The van der Waals surface area contributed by atoms with Gasteiger partial charge in [-0.1, -0.05) is 0 Å². The van der Waals surface area contributed by atoms with E-state index in [1.54, 1.807) is 13.1 Å². The van der Waals surface area contributed by atoms with Crippen molar-refractivity contribution in [2.24, 2.45) is 0 Å². The molecule has 0 aliphatic rings. The monoisotopic (exact) mass is 184 g/mol. The fourth-order valence-electron chi connectivity index (χ4n) is 0.970. The third-order valence-corrected chi connectivity index (χ3v) is 2.02. The maximum atomic E-state index is 11.1. The van der Waals surface area contributed by atoms with Crippen molar-refractivity contribution in [3.63, 3.8) is 0 Å². The average molecular weight is 184 g/mol. The molecule has 0 aliphatic heterocycles. The molecule has 0 saturated carbocycles. The van der Waals surface area contributed by atoms with E-state index in [4.69, 9.17) is 12.2 Å². The lowest BCUT2D eigenvalue weighted by molar-refractivity contribution is 0.572. The molecule has 0 unspecified atom stereocenters. The van der Waals surface area contributed by atoms with E-state index in [0.717, 1.165) is 0 Å². The van der Waals surface area contributed by atoms with Crippen LogP contribution in [0.2, 0.25) is 0 Å². The molecule has 66 valence electrons. The summed E-state index contributed by atoms with van der Waals surface area (Å²) in [5.74, 6) is 0. The minimum absolute atomic E-state index is 0.100. The lowest BCUT2D eigenvalue weighted by Crippen LogP contribution is -2.16. The first-order valence-corrected chi connectivity index (χ1v) is 4.25. The van der Waals surface area contributed by atoms with E-state index in [9.17, 15) is 4.79 Å². The Morgan fingerprint density at radius 1 is 1.58 bits per heavy atom. The van der Waals surface area contributed by atoms with Crippen LogP contribution in [0, 0.1) is 11.7 Å². The second kappa shape index (κ2) is 3.23. The Morgan fingerprint density at radius 2 is 2.17 bits per heavy atom. The van der Waals surface area contributed by atoms with Gasteiger partial charge in [-0.15, -0.1) is 0 Å². The largest absolute Gasteiger partial charge is 0.322 e. The molecular formula is C8H12N2OS. The van der Waals surface area contributed by atoms with Gasteiger partial charge in [0.15, 0.2) is 4.77 Å². The zero-order valence-electron chi connectivity index (χ0n) is 7.42. The topological polar surface area (TPSA) is 37.8 Å². The van der Waals surface area contributed by atoms with E-state index in [-0.39, 0.29) is 11.6 Å². The van der Waals surface area contributed by atoms with Crippen LogP contribution >= 0.6 is 12.2 Å². The van der Waals surface area contributed by atoms with Crippen LogP contribution in [0.15, 0.2) is 11.0 Å². The summed E-state index contributed by atoms with van der Waals surface area (Å²) in [6, 6.07) is 0.285. The van der Waals surface area contributed by atoms with Crippen LogP contribution in [-0.4, -0.2) is 9.55 Å². The van der Waals surface area contributed by atoms with Crippen LogP contribution in [-0.2, 0) is 0 Å². The maximum absolute atomic E-state index is 11.1. The number of nitrogens with zero attached hydrogens (tertiary/aromatic N) is 1. The highest BCUT2D eigenvalue weighted by Gasteiger charge is 2.00. The number of H-pyrrole nitrogens is 1. The van der Waals surface area contributed by atoms with Gasteiger partial charge in [-0.3, -0.25) is 9.78 Å². The quantitative estimate of drug-likeness (QED) is 0.676. The molecule has 1 aromatic heterocycles. The molecule has 12 heavy (non-hydrogen) atoms. The Labute approximate surface area is 76.1 Å². The van der Waals surface area contributed by atoms with Crippen LogP contribution in [0.3, 0.4) is 0 Å². The van der Waals surface area contributed by atoms with Crippen LogP contribution in [0.1, 0.15) is 25.5 Å². The normalized spacial score (nSPS) is 10.7. The molecule has 1 heterocycles. The van der Waals surface area contributed by atoms with Gasteiger partial charge in [-0.2, -0.15) is 0 Å². The molecule has 4 heteroatoms. The molecule has 0 saturated heterocycles. The van der Waals surface area contributed by atoms with Gasteiger partial charge >= 0.3 is 0 Å². The van der Waals surface area contributed by atoms with Crippen molar-refractivity contribution in [1.29, 1.82) is 0 Å². The summed E-state index contributed by atoms with van der Waals surface area (Å²) in [7, 11) is 0. The van der Waals surface area contributed by atoms with E-state index in [0.29, 0.717) is 10.3 Å². The number of hydrogen-bond acceptors (Lipinski definition) is 2. The highest BCUT2D eigenvalue weighted by atomic mass is 32.1. The number of rotatable bonds is 1. The molecule has 1 rings (SSSR count). The minimum atomic E-state index is -0.100. The second-order valence-electron chi connectivity index (χ2n) is 3.07. The van der Waals surface area contributed by atoms with E-state index < -0.39 is 0 Å². The molecule has 0 radical (unpaired) electrons. The minimum Gasteiger partial charge on any atom is -0.322 e. The highest BCUT2D eigenvalue weighted by Crippen LogP contribution is 2.03. The zero-order chi connectivity index (χ0) is 9.30. The number of aryl methyl sites for hydroxylation is 1. The van der Waals surface area contributed by atoms with E-state index in [2.05, 4.69) is 4.98 Å². The predicted molar refractivity (Wildman–Crippen MR) is 51.0 cm³/mol. The number of hydrogen-bond donors (Lipinski definition) is 1. The molecule has 0 bridgehead atoms. The van der Waals surface area contributed by atoms with Crippen LogP contribution in [0.25, 0.3) is 0 Å². The molecule has 0 spiro atoms. The molecule has 0 aromatic carbocycles. The summed E-state index contributed by atoms with van der Waals surface area (Å²) in [5, 5.41) is 0. The lowest BCUT2D eigenvalue weighted by atomic mass is 10.3. The number of nitrogens with one attached hydrogen (secondary N) is 1. The molecule has 3 nitrogen and oxygen atoms in total. The lowest BCUT2D eigenvalue weighted by Gasteiger charge is -2.10. The van der Waals surface area contributed by atoms with Gasteiger partial charge in [0, 0.05) is 17.8 Å². The summed E-state index contributed by atoms with van der Waals surface area (Å²) < 4.78 is 2.35. The summed E-state index contributed by atoms with van der Waals surface area (Å²) in [6.45, 7) is 5.81. The van der Waals surface area contributed by atoms with Gasteiger partial charge in [-0.25, -0.2) is 0 Å². The molecule has 1 aromatic rings. The fraction of sp³-hybridized carbons (Fsp3) is 0.500. The smallest absolute Gasteiger partial charge is 0.254 e.